The van der Waals surface area contributed by atoms with Gasteiger partial charge in [0.15, 0.2) is 0 Å². The van der Waals surface area contributed by atoms with Crippen LogP contribution in [0.4, 0.5) is 0 Å². The van der Waals surface area contributed by atoms with Gasteiger partial charge >= 0.3 is 5.97 Å². The molecule has 22 nitrogen and oxygen atoms in total. The summed E-state index contributed by atoms with van der Waals surface area (Å²) in [6.07, 6.45) is 2.77. The van der Waals surface area contributed by atoms with Gasteiger partial charge in [0, 0.05) is 6.42 Å². The first-order valence-electron chi connectivity index (χ1n) is 26.1. The Balaban J connectivity index is 2.11. The number of benzene rings is 2. The summed E-state index contributed by atoms with van der Waals surface area (Å²) < 4.78 is 0. The van der Waals surface area contributed by atoms with Gasteiger partial charge in [-0.3, -0.25) is 43.2 Å². The average molecular weight is 1100 g/mol. The van der Waals surface area contributed by atoms with Gasteiger partial charge in [-0.05, 0) is 99.0 Å². The second kappa shape index (κ2) is 32.7. The molecule has 428 valence electrons. The number of aromatic hydroxyl groups is 1. The Bertz CT molecular complexity index is 2300. The second-order valence-corrected chi connectivity index (χ2v) is 21.6. The average Bonchev–Trinajstić information content (AvgIpc) is 3.36. The summed E-state index contributed by atoms with van der Waals surface area (Å²) in [7, 11) is 0. The number of carboxylic acid groups (broad SMARTS) is 1. The molecule has 2 aromatic carbocycles. The van der Waals surface area contributed by atoms with Crippen LogP contribution in [-0.4, -0.2) is 142 Å². The summed E-state index contributed by atoms with van der Waals surface area (Å²) in [5.74, 6) is -8.70. The highest BCUT2D eigenvalue weighted by molar-refractivity contribution is 7.98. The molecule has 0 heterocycles. The van der Waals surface area contributed by atoms with Crippen molar-refractivity contribution in [2.75, 3.05) is 12.0 Å². The van der Waals surface area contributed by atoms with Crippen molar-refractivity contribution in [3.63, 3.8) is 0 Å². The van der Waals surface area contributed by atoms with E-state index in [1.165, 1.54) is 56.8 Å². The lowest BCUT2D eigenvalue weighted by Crippen LogP contribution is -2.61. The van der Waals surface area contributed by atoms with Gasteiger partial charge in [0.25, 0.3) is 0 Å². The minimum absolute atomic E-state index is 0.0145. The maximum Gasteiger partial charge on any atom is 0.326 e. The highest BCUT2D eigenvalue weighted by Gasteiger charge is 2.36. The normalized spacial score (nSPS) is 15.6. The molecule has 23 heteroatoms. The maximum atomic E-state index is 13.9. The van der Waals surface area contributed by atoms with Gasteiger partial charge in [0.05, 0.1) is 6.04 Å². The number of aliphatic carboxylic acids is 1. The fourth-order valence-corrected chi connectivity index (χ4v) is 8.24. The molecule has 0 bridgehead atoms. The van der Waals surface area contributed by atoms with Gasteiger partial charge in [0.2, 0.25) is 53.2 Å². The number of hydrogen-bond acceptors (Lipinski definition) is 13. The predicted octanol–water partition coefficient (Wildman–Crippen LogP) is 1.17. The Morgan fingerprint density at radius 3 is 1.39 bits per heavy atom. The van der Waals surface area contributed by atoms with E-state index in [-0.39, 0.29) is 43.3 Å². The number of phenols is 1. The van der Waals surface area contributed by atoms with Crippen molar-refractivity contribution in [1.29, 1.82) is 0 Å². The molecular weight excluding hydrogens is 1010 g/mol. The smallest absolute Gasteiger partial charge is 0.326 e. The Morgan fingerprint density at radius 2 is 0.909 bits per heavy atom. The van der Waals surface area contributed by atoms with Crippen LogP contribution in [0.1, 0.15) is 107 Å². The van der Waals surface area contributed by atoms with Crippen molar-refractivity contribution in [3.8, 4) is 5.75 Å². The van der Waals surface area contributed by atoms with Gasteiger partial charge in [-0.15, -0.1) is 0 Å². The quantitative estimate of drug-likeness (QED) is 0.0490. The van der Waals surface area contributed by atoms with E-state index >= 15 is 0 Å². The number of carbonyl (C=O) groups is 10. The van der Waals surface area contributed by atoms with Crippen molar-refractivity contribution in [2.24, 2.45) is 29.4 Å². The van der Waals surface area contributed by atoms with Crippen LogP contribution in [0, 0.1) is 23.7 Å². The SMILES string of the molecule is CC[C@H](C)[C@H](NC(=O)[C@@H](N)Cc1ccccc1)C(=O)N[C@@H](CC(C)C)C(=O)N[C@@H](C)C(=O)N[C@H](C(=O)N[C@H](C(=O)N[C@@H](C)C(=O)N[C@@H](CCSC)C(=O)N[C@@H](C)C(=O)N[C@@H](Cc1ccc(O)cc1)C(=O)O)C(C)C)C(C)C. The molecule has 0 saturated heterocycles. The predicted molar refractivity (Wildman–Crippen MR) is 294 cm³/mol. The highest BCUT2D eigenvalue weighted by Crippen LogP contribution is 2.15. The zero-order valence-electron chi connectivity index (χ0n) is 46.5. The zero-order chi connectivity index (χ0) is 58.3. The summed E-state index contributed by atoms with van der Waals surface area (Å²) in [4.78, 5) is 134. The molecule has 2 aromatic rings. The number of nitrogens with two attached hydrogens (primary N) is 1. The van der Waals surface area contributed by atoms with Crippen LogP contribution in [0.2, 0.25) is 0 Å². The third-order valence-electron chi connectivity index (χ3n) is 12.8. The number of nitrogens with one attached hydrogen (secondary N) is 9. The van der Waals surface area contributed by atoms with E-state index in [2.05, 4.69) is 47.9 Å². The van der Waals surface area contributed by atoms with E-state index in [4.69, 9.17) is 5.73 Å². The zero-order valence-corrected chi connectivity index (χ0v) is 47.3. The van der Waals surface area contributed by atoms with E-state index in [1.54, 1.807) is 40.9 Å². The molecule has 0 radical (unpaired) electrons. The van der Waals surface area contributed by atoms with Gasteiger partial charge in [-0.1, -0.05) is 104 Å². The first kappa shape index (κ1) is 66.4. The molecule has 9 amide bonds. The number of phenolic OH excluding ortho intramolecular Hbond substituents is 1. The molecule has 0 spiro atoms. The third kappa shape index (κ3) is 22.8. The van der Waals surface area contributed by atoms with Crippen LogP contribution in [0.5, 0.6) is 5.75 Å². The molecular formula is C54H84N10O12S. The van der Waals surface area contributed by atoms with Crippen molar-refractivity contribution < 1.29 is 58.2 Å². The lowest BCUT2D eigenvalue weighted by atomic mass is 9.96. The van der Waals surface area contributed by atoms with Crippen LogP contribution in [0.3, 0.4) is 0 Å². The highest BCUT2D eigenvalue weighted by atomic mass is 32.2. The molecule has 0 saturated carbocycles. The molecule has 77 heavy (non-hydrogen) atoms. The number of rotatable bonds is 32. The minimum Gasteiger partial charge on any atom is -0.508 e. The second-order valence-electron chi connectivity index (χ2n) is 20.6. The Kier molecular flexibility index (Phi) is 28.2. The largest absolute Gasteiger partial charge is 0.508 e. The van der Waals surface area contributed by atoms with Crippen molar-refractivity contribution in [1.82, 2.24) is 47.9 Å². The molecule has 0 aromatic heterocycles. The number of thioether (sulfide) groups is 1. The van der Waals surface area contributed by atoms with Gasteiger partial charge in [0.1, 0.15) is 60.1 Å². The Labute approximate surface area is 456 Å². The fourth-order valence-electron chi connectivity index (χ4n) is 7.77. The van der Waals surface area contributed by atoms with Crippen LogP contribution in [0.15, 0.2) is 54.6 Å². The molecule has 0 aliphatic rings. The minimum atomic E-state index is -1.35. The van der Waals surface area contributed by atoms with E-state index in [0.717, 1.165) is 5.56 Å². The van der Waals surface area contributed by atoms with Crippen molar-refractivity contribution in [3.05, 3.63) is 65.7 Å². The molecule has 0 aliphatic carbocycles. The van der Waals surface area contributed by atoms with E-state index in [1.807, 2.05) is 51.1 Å². The van der Waals surface area contributed by atoms with E-state index in [0.29, 0.717) is 17.7 Å². The lowest BCUT2D eigenvalue weighted by molar-refractivity contribution is -0.142. The molecule has 2 rings (SSSR count). The summed E-state index contributed by atoms with van der Waals surface area (Å²) in [6.45, 7) is 18.2. The summed E-state index contributed by atoms with van der Waals surface area (Å²) in [5, 5.41) is 42.9. The molecule has 13 N–H and O–H groups in total. The Hall–Kier alpha value is -6.75. The first-order valence-corrected chi connectivity index (χ1v) is 27.5. The van der Waals surface area contributed by atoms with E-state index < -0.39 is 131 Å². The molecule has 0 fully saturated rings. The summed E-state index contributed by atoms with van der Waals surface area (Å²) >= 11 is 1.39. The fraction of sp³-hybridized carbons (Fsp3) is 0.593. The van der Waals surface area contributed by atoms with Crippen LogP contribution < -0.4 is 53.6 Å². The topological polar surface area (TPSA) is 345 Å². The first-order chi connectivity index (χ1) is 36.1. The van der Waals surface area contributed by atoms with Crippen LogP contribution in [0.25, 0.3) is 0 Å². The van der Waals surface area contributed by atoms with Crippen molar-refractivity contribution in [2.45, 2.75) is 169 Å². The molecule has 0 aliphatic heterocycles. The standard InChI is InChI=1S/C54H84N10O12S/c1-13-31(8)44(64-48(69)38(55)26-35-17-15-14-16-18-35)53(74)60-40(25-28(2)3)50(71)57-34(11)47(68)62-43(30(6)7)52(73)63-42(29(4)5)51(72)58-33(10)45(66)59-39(23-24-77-12)49(70)56-32(9)46(67)61-41(54(75)76)27-36-19-21-37(65)22-20-36/h14-22,28-34,38-44,65H,13,23-27,55H2,1-12H3,(H,56,70)(H,57,71)(H,58,72)(H,59,66)(H,60,74)(H,61,67)(H,62,68)(H,63,73)(H,64,69)(H,75,76)/t31-,32-,33-,34-,38-,39-,40-,41-,42-,43-,44-/m0/s1. The van der Waals surface area contributed by atoms with Crippen LogP contribution >= 0.6 is 11.8 Å². The van der Waals surface area contributed by atoms with Gasteiger partial charge in [-0.25, -0.2) is 4.79 Å². The number of amides is 9. The number of carbonyl (C=O) groups excluding carboxylic acids is 9. The molecule has 11 atom stereocenters. The van der Waals surface area contributed by atoms with Crippen LogP contribution in [-0.2, 0) is 60.8 Å². The summed E-state index contributed by atoms with van der Waals surface area (Å²) in [5.41, 5.74) is 7.61. The van der Waals surface area contributed by atoms with Crippen molar-refractivity contribution >= 4 is 70.9 Å². The van der Waals surface area contributed by atoms with Gasteiger partial charge in [-0.2, -0.15) is 11.8 Å². The number of carboxylic acids is 1. The molecule has 0 unspecified atom stereocenters. The lowest BCUT2D eigenvalue weighted by Gasteiger charge is -2.30. The Morgan fingerprint density at radius 1 is 0.494 bits per heavy atom. The third-order valence-corrected chi connectivity index (χ3v) is 13.4. The monoisotopic (exact) mass is 1100 g/mol. The van der Waals surface area contributed by atoms with Gasteiger partial charge < -0.3 is 63.8 Å². The number of hydrogen-bond donors (Lipinski definition) is 12. The maximum absolute atomic E-state index is 13.9. The van der Waals surface area contributed by atoms with E-state index in [9.17, 15) is 58.2 Å². The summed E-state index contributed by atoms with van der Waals surface area (Å²) in [6, 6.07) is 3.32.